The fourth-order valence-electron chi connectivity index (χ4n) is 2.76. The second-order valence-corrected chi connectivity index (χ2v) is 8.31. The summed E-state index contributed by atoms with van der Waals surface area (Å²) in [5.41, 5.74) is -5.39. The molecule has 3 atom stereocenters. The smallest absolute Gasteiger partial charge is 0.386 e. The fourth-order valence-corrected chi connectivity index (χ4v) is 3.14. The Bertz CT molecular complexity index is 1100. The Morgan fingerprint density at radius 1 is 0.906 bits per heavy atom. The fraction of sp³-hybridized carbons (Fsp3) is 0.250. The maximum Gasteiger partial charge on any atom is 0.396 e. The number of aliphatic hydroxyl groups is 3. The highest BCUT2D eigenvalue weighted by atomic mass is 32.2. The number of ketones is 2. The molecule has 0 amide bonds. The second-order valence-electron chi connectivity index (χ2n) is 6.73. The van der Waals surface area contributed by atoms with Gasteiger partial charge in [-0.3, -0.25) is 9.59 Å². The van der Waals surface area contributed by atoms with Crippen LogP contribution < -0.4 is 0 Å². The minimum absolute atomic E-state index is 0.253. The average Bonchev–Trinajstić information content (AvgIpc) is 2.76. The first-order valence-corrected chi connectivity index (χ1v) is 10.6. The van der Waals surface area contributed by atoms with Gasteiger partial charge in [-0.1, -0.05) is 60.7 Å². The molecule has 0 spiro atoms. The normalized spacial score (nSPS) is 15.8. The summed E-state index contributed by atoms with van der Waals surface area (Å²) in [7, 11) is -4.83. The molecule has 172 valence electrons. The highest BCUT2D eigenvalue weighted by Gasteiger charge is 2.70. The minimum atomic E-state index is -5.42. The van der Waals surface area contributed by atoms with Gasteiger partial charge in [0.05, 0.1) is 6.26 Å². The van der Waals surface area contributed by atoms with E-state index in [0.717, 1.165) is 24.3 Å². The number of aliphatic hydroxyl groups excluding tert-OH is 2. The Morgan fingerprint density at radius 3 is 1.78 bits per heavy atom. The monoisotopic (exact) mass is 472 g/mol. The molecule has 3 unspecified atom stereocenters. The van der Waals surface area contributed by atoms with Crippen molar-refractivity contribution in [2.45, 2.75) is 23.7 Å². The first kappa shape index (κ1) is 25.2. The quantitative estimate of drug-likeness (QED) is 0.346. The number of Topliss-reactive ketones (excluding diaryl/α,β-unsaturated/α-hetero) is 2. The third-order valence-electron chi connectivity index (χ3n) is 4.40. The van der Waals surface area contributed by atoms with Crippen molar-refractivity contribution in [2.24, 2.45) is 0 Å². The largest absolute Gasteiger partial charge is 0.396 e. The van der Waals surface area contributed by atoms with Gasteiger partial charge in [-0.25, -0.2) is 4.79 Å². The van der Waals surface area contributed by atoms with Gasteiger partial charge in [-0.15, -0.1) is 0 Å². The Labute approximate surface area is 181 Å². The lowest BCUT2D eigenvalue weighted by atomic mass is 9.78. The SMILES string of the molecule is CS(=O)(=O)OC(=O)C(F)(F)C(O)(C(=O)c1ccccc1)C(O)C(O)C(=O)c1ccccc1. The third-order valence-corrected chi connectivity index (χ3v) is 4.85. The van der Waals surface area contributed by atoms with Crippen molar-refractivity contribution in [3.63, 3.8) is 0 Å². The van der Waals surface area contributed by atoms with Crippen molar-refractivity contribution in [3.05, 3.63) is 71.8 Å². The van der Waals surface area contributed by atoms with Crippen molar-refractivity contribution in [1.82, 2.24) is 0 Å². The van der Waals surface area contributed by atoms with E-state index < -0.39 is 56.9 Å². The number of hydrogen-bond acceptors (Lipinski definition) is 9. The van der Waals surface area contributed by atoms with Crippen LogP contribution in [0.1, 0.15) is 20.7 Å². The predicted octanol–water partition coefficient (Wildman–Crippen LogP) is 0.343. The average molecular weight is 472 g/mol. The summed E-state index contributed by atoms with van der Waals surface area (Å²) in [6.07, 6.45) is -5.83. The summed E-state index contributed by atoms with van der Waals surface area (Å²) >= 11 is 0. The van der Waals surface area contributed by atoms with E-state index >= 15 is 8.78 Å². The number of carbonyl (C=O) groups excluding carboxylic acids is 3. The molecule has 32 heavy (non-hydrogen) atoms. The van der Waals surface area contributed by atoms with E-state index in [9.17, 15) is 38.1 Å². The zero-order valence-corrected chi connectivity index (χ0v) is 17.2. The Balaban J connectivity index is 2.60. The minimum Gasteiger partial charge on any atom is -0.386 e. The number of rotatable bonds is 9. The molecule has 2 rings (SSSR count). The standard InChI is InChI=1S/C20H18F2O9S/c1-32(29,30)31-18(27)20(21,22)19(28,16(25)13-10-6-3-7-11-13)17(26)15(24)14(23)12-8-4-2-5-9-12/h2-11,15,17,24,26,28H,1H3. The molecule has 3 N–H and O–H groups in total. The van der Waals surface area contributed by atoms with Crippen LogP contribution in [0.2, 0.25) is 0 Å². The summed E-state index contributed by atoms with van der Waals surface area (Å²) < 4.78 is 55.9. The molecule has 0 aliphatic carbocycles. The predicted molar refractivity (Wildman–Crippen MR) is 104 cm³/mol. The molecule has 0 fully saturated rings. The highest BCUT2D eigenvalue weighted by Crippen LogP contribution is 2.38. The number of hydrogen-bond donors (Lipinski definition) is 3. The van der Waals surface area contributed by atoms with Crippen molar-refractivity contribution >= 4 is 27.7 Å². The van der Waals surface area contributed by atoms with E-state index in [1.807, 2.05) is 0 Å². The first-order chi connectivity index (χ1) is 14.7. The number of alkyl halides is 2. The van der Waals surface area contributed by atoms with E-state index in [1.165, 1.54) is 36.4 Å². The van der Waals surface area contributed by atoms with E-state index in [1.54, 1.807) is 0 Å². The van der Waals surface area contributed by atoms with Crippen molar-refractivity contribution in [1.29, 1.82) is 0 Å². The van der Waals surface area contributed by atoms with Crippen LogP contribution in [0.5, 0.6) is 0 Å². The Morgan fingerprint density at radius 2 is 1.34 bits per heavy atom. The van der Waals surface area contributed by atoms with E-state index in [2.05, 4.69) is 4.18 Å². The van der Waals surface area contributed by atoms with E-state index in [0.29, 0.717) is 0 Å². The Hall–Kier alpha value is -3.06. The van der Waals surface area contributed by atoms with Gasteiger partial charge in [0.2, 0.25) is 11.4 Å². The van der Waals surface area contributed by atoms with E-state index in [-0.39, 0.29) is 11.8 Å². The van der Waals surface area contributed by atoms with Gasteiger partial charge in [0.15, 0.2) is 5.78 Å². The number of halogens is 2. The lowest BCUT2D eigenvalue weighted by Gasteiger charge is -2.37. The molecular weight excluding hydrogens is 454 g/mol. The van der Waals surface area contributed by atoms with Gasteiger partial charge >= 0.3 is 22.0 Å². The zero-order valence-electron chi connectivity index (χ0n) is 16.4. The molecule has 0 aromatic heterocycles. The molecular formula is C20H18F2O9S. The van der Waals surface area contributed by atoms with Crippen LogP contribution in [-0.4, -0.2) is 71.3 Å². The van der Waals surface area contributed by atoms with Gasteiger partial charge in [0.25, 0.3) is 0 Å². The molecule has 0 saturated carbocycles. The number of carbonyl (C=O) groups is 3. The lowest BCUT2D eigenvalue weighted by Crippen LogP contribution is -2.69. The Kier molecular flexibility index (Phi) is 7.25. The van der Waals surface area contributed by atoms with Crippen LogP contribution in [0.15, 0.2) is 60.7 Å². The zero-order chi connectivity index (χ0) is 24.3. The van der Waals surface area contributed by atoms with Crippen LogP contribution in [0.3, 0.4) is 0 Å². The molecule has 9 nitrogen and oxygen atoms in total. The van der Waals surface area contributed by atoms with Gasteiger partial charge in [0, 0.05) is 11.1 Å². The van der Waals surface area contributed by atoms with E-state index in [4.69, 9.17) is 0 Å². The molecule has 0 saturated heterocycles. The summed E-state index contributed by atoms with van der Waals surface area (Å²) in [4.78, 5) is 37.1. The molecule has 0 heterocycles. The number of benzene rings is 2. The van der Waals surface area contributed by atoms with Crippen LogP contribution in [0.25, 0.3) is 0 Å². The highest BCUT2D eigenvalue weighted by molar-refractivity contribution is 7.86. The molecule has 2 aromatic rings. The van der Waals surface area contributed by atoms with Gasteiger partial charge in [0.1, 0.15) is 12.2 Å². The summed E-state index contributed by atoms with van der Waals surface area (Å²) in [5, 5.41) is 31.3. The lowest BCUT2D eigenvalue weighted by molar-refractivity contribution is -0.221. The third kappa shape index (κ3) is 4.88. The molecule has 2 aromatic carbocycles. The second kappa shape index (κ2) is 9.20. The van der Waals surface area contributed by atoms with Crippen LogP contribution in [-0.2, 0) is 19.1 Å². The summed E-state index contributed by atoms with van der Waals surface area (Å²) in [6.45, 7) is 0. The molecule has 0 radical (unpaired) electrons. The summed E-state index contributed by atoms with van der Waals surface area (Å²) in [6, 6.07) is 12.2. The first-order valence-electron chi connectivity index (χ1n) is 8.82. The van der Waals surface area contributed by atoms with Gasteiger partial charge in [-0.05, 0) is 0 Å². The molecule has 0 aliphatic heterocycles. The maximum absolute atomic E-state index is 15.0. The molecule has 12 heteroatoms. The van der Waals surface area contributed by atoms with Gasteiger partial charge in [-0.2, -0.15) is 17.2 Å². The molecule has 0 bridgehead atoms. The van der Waals surface area contributed by atoms with Crippen LogP contribution in [0.4, 0.5) is 8.78 Å². The summed E-state index contributed by atoms with van der Waals surface area (Å²) in [5.74, 6) is -11.6. The maximum atomic E-state index is 15.0. The molecule has 0 aliphatic rings. The van der Waals surface area contributed by atoms with Crippen LogP contribution >= 0.6 is 0 Å². The van der Waals surface area contributed by atoms with Crippen molar-refractivity contribution < 1.29 is 51.1 Å². The van der Waals surface area contributed by atoms with Crippen molar-refractivity contribution in [3.8, 4) is 0 Å². The van der Waals surface area contributed by atoms with Crippen LogP contribution in [0, 0.1) is 0 Å². The van der Waals surface area contributed by atoms with Gasteiger partial charge < -0.3 is 19.5 Å². The van der Waals surface area contributed by atoms with Crippen molar-refractivity contribution in [2.75, 3.05) is 6.26 Å². The topological polar surface area (TPSA) is 155 Å².